The molecular formula is C51H86N2O7. The average Bonchev–Trinajstić information content (AvgIpc) is 3.23. The number of aliphatic hydroxyl groups excluding tert-OH is 1. The number of amides is 2. The van der Waals surface area contributed by atoms with Crippen molar-refractivity contribution in [2.24, 2.45) is 0 Å². The number of ether oxygens (including phenoxy) is 1. The molecule has 0 rings (SSSR count). The summed E-state index contributed by atoms with van der Waals surface area (Å²) in [4.78, 5) is 47.5. The van der Waals surface area contributed by atoms with Crippen molar-refractivity contribution in [3.05, 3.63) is 72.9 Å². The van der Waals surface area contributed by atoms with Crippen LogP contribution in [0.5, 0.6) is 0 Å². The first kappa shape index (κ1) is 56.3. The number of carboxylic acids is 1. The topological polar surface area (TPSA) is 142 Å². The number of unbranched alkanes of at least 4 members (excludes halogenated alkanes) is 18. The zero-order chi connectivity index (χ0) is 44.0. The Balaban J connectivity index is 4.18. The lowest BCUT2D eigenvalue weighted by Gasteiger charge is -2.15. The molecule has 0 radical (unpaired) electrons. The number of nitrogens with one attached hydrogen (secondary N) is 2. The fourth-order valence-electron chi connectivity index (χ4n) is 6.53. The number of hydrogen-bond acceptors (Lipinski definition) is 6. The first-order chi connectivity index (χ1) is 29.3. The Morgan fingerprint density at radius 3 is 1.53 bits per heavy atom. The number of rotatable bonds is 42. The molecule has 60 heavy (non-hydrogen) atoms. The lowest BCUT2D eigenvalue weighted by molar-refractivity contribution is -0.147. The maximum absolute atomic E-state index is 12.8. The standard InChI is InChI=1S/C51H86N2O7/c1-3-5-7-9-11-13-14-15-16-17-18-19-20-21-22-23-24-25-26-27-29-35-39-43-50(57)60-46(40-36-32-28-12-10-8-6-4-2)41-37-33-30-31-34-38-42-48(55)52-44-49(56)53-47(45-54)51(58)59/h5,7,11,13,15-16,18-19,21-22,36,40,46-47,54H,3-4,6,8-10,12,14,17,20,23-35,37-39,41-45H2,1-2H3,(H,52,55)(H,53,56)(H,58,59)/b7-5-,13-11-,16-15-,19-18-,22-21-,40-36-. The third-order valence-corrected chi connectivity index (χ3v) is 10.2. The van der Waals surface area contributed by atoms with Crippen molar-refractivity contribution in [1.29, 1.82) is 0 Å². The van der Waals surface area contributed by atoms with E-state index >= 15 is 0 Å². The van der Waals surface area contributed by atoms with Crippen molar-refractivity contribution in [3.8, 4) is 0 Å². The quantitative estimate of drug-likeness (QED) is 0.0272. The van der Waals surface area contributed by atoms with E-state index in [4.69, 9.17) is 14.9 Å². The largest absolute Gasteiger partial charge is 0.480 e. The first-order valence-corrected chi connectivity index (χ1v) is 23.8. The van der Waals surface area contributed by atoms with Gasteiger partial charge in [-0.25, -0.2) is 4.79 Å². The van der Waals surface area contributed by atoms with Gasteiger partial charge < -0.3 is 25.6 Å². The molecule has 0 aromatic heterocycles. The summed E-state index contributed by atoms with van der Waals surface area (Å²) < 4.78 is 5.95. The van der Waals surface area contributed by atoms with Gasteiger partial charge in [0.1, 0.15) is 12.1 Å². The third-order valence-electron chi connectivity index (χ3n) is 10.2. The van der Waals surface area contributed by atoms with Crippen LogP contribution in [0, 0.1) is 0 Å². The van der Waals surface area contributed by atoms with Crippen LogP contribution in [0.4, 0.5) is 0 Å². The number of carboxylic acid groups (broad SMARTS) is 1. The Hall–Kier alpha value is -3.72. The average molecular weight is 839 g/mol. The zero-order valence-corrected chi connectivity index (χ0v) is 37.9. The summed E-state index contributed by atoms with van der Waals surface area (Å²) in [5.74, 6) is -2.34. The van der Waals surface area contributed by atoms with Crippen molar-refractivity contribution in [2.45, 2.75) is 212 Å². The molecule has 0 fully saturated rings. The van der Waals surface area contributed by atoms with Gasteiger partial charge in [-0.15, -0.1) is 0 Å². The zero-order valence-electron chi connectivity index (χ0n) is 37.9. The number of carbonyl (C=O) groups is 4. The second-order valence-electron chi connectivity index (χ2n) is 15.8. The van der Waals surface area contributed by atoms with Crippen molar-refractivity contribution in [2.75, 3.05) is 13.2 Å². The number of hydrogen-bond donors (Lipinski definition) is 4. The molecule has 0 aliphatic heterocycles. The Bertz CT molecular complexity index is 1240. The van der Waals surface area contributed by atoms with Gasteiger partial charge >= 0.3 is 11.9 Å². The molecule has 2 amide bonds. The molecule has 0 aromatic carbocycles. The Labute approximate surface area is 365 Å². The summed E-state index contributed by atoms with van der Waals surface area (Å²) >= 11 is 0. The normalized spacial score (nSPS) is 13.1. The van der Waals surface area contributed by atoms with Gasteiger partial charge in [0.2, 0.25) is 11.8 Å². The Morgan fingerprint density at radius 2 is 1.00 bits per heavy atom. The van der Waals surface area contributed by atoms with Crippen LogP contribution in [-0.2, 0) is 23.9 Å². The van der Waals surface area contributed by atoms with Crippen LogP contribution in [-0.4, -0.2) is 59.3 Å². The van der Waals surface area contributed by atoms with Crippen LogP contribution in [0.25, 0.3) is 0 Å². The minimum Gasteiger partial charge on any atom is -0.480 e. The lowest BCUT2D eigenvalue weighted by Crippen LogP contribution is -2.47. The summed E-state index contributed by atoms with van der Waals surface area (Å²) in [6.45, 7) is 3.35. The first-order valence-electron chi connectivity index (χ1n) is 23.8. The summed E-state index contributed by atoms with van der Waals surface area (Å²) in [6, 6.07) is -1.38. The van der Waals surface area contributed by atoms with E-state index in [1.165, 1.54) is 70.6 Å². The van der Waals surface area contributed by atoms with E-state index in [-0.39, 0.29) is 24.5 Å². The van der Waals surface area contributed by atoms with Crippen molar-refractivity contribution in [3.63, 3.8) is 0 Å². The number of aliphatic hydroxyl groups is 1. The van der Waals surface area contributed by atoms with Gasteiger partial charge in [-0.05, 0) is 89.5 Å². The van der Waals surface area contributed by atoms with Crippen LogP contribution in [0.15, 0.2) is 72.9 Å². The van der Waals surface area contributed by atoms with E-state index in [1.54, 1.807) is 0 Å². The number of carbonyl (C=O) groups excluding carboxylic acids is 3. The van der Waals surface area contributed by atoms with Crippen LogP contribution >= 0.6 is 0 Å². The Morgan fingerprint density at radius 1 is 0.533 bits per heavy atom. The molecular weight excluding hydrogens is 753 g/mol. The predicted molar refractivity (Wildman–Crippen MR) is 250 cm³/mol. The van der Waals surface area contributed by atoms with Gasteiger partial charge in [-0.3, -0.25) is 14.4 Å². The van der Waals surface area contributed by atoms with E-state index in [0.717, 1.165) is 96.3 Å². The van der Waals surface area contributed by atoms with E-state index in [0.29, 0.717) is 19.3 Å². The molecule has 9 nitrogen and oxygen atoms in total. The molecule has 0 heterocycles. The van der Waals surface area contributed by atoms with Gasteiger partial charge in [-0.1, -0.05) is 171 Å². The molecule has 4 N–H and O–H groups in total. The summed E-state index contributed by atoms with van der Waals surface area (Å²) in [5.41, 5.74) is 0. The van der Waals surface area contributed by atoms with Gasteiger partial charge in [0, 0.05) is 12.8 Å². The highest BCUT2D eigenvalue weighted by atomic mass is 16.5. The van der Waals surface area contributed by atoms with Crippen molar-refractivity contribution in [1.82, 2.24) is 10.6 Å². The molecule has 9 heteroatoms. The molecule has 0 aliphatic rings. The highest BCUT2D eigenvalue weighted by Gasteiger charge is 2.18. The van der Waals surface area contributed by atoms with Gasteiger partial charge in [-0.2, -0.15) is 0 Å². The van der Waals surface area contributed by atoms with E-state index in [9.17, 15) is 19.2 Å². The van der Waals surface area contributed by atoms with Crippen LogP contribution < -0.4 is 10.6 Å². The van der Waals surface area contributed by atoms with Gasteiger partial charge in [0.25, 0.3) is 0 Å². The number of esters is 1. The van der Waals surface area contributed by atoms with Crippen LogP contribution in [0.1, 0.15) is 200 Å². The highest BCUT2D eigenvalue weighted by molar-refractivity contribution is 5.87. The van der Waals surface area contributed by atoms with Crippen molar-refractivity contribution < 1.29 is 34.1 Å². The third kappa shape index (κ3) is 41.0. The van der Waals surface area contributed by atoms with Crippen LogP contribution in [0.2, 0.25) is 0 Å². The second-order valence-corrected chi connectivity index (χ2v) is 15.8. The van der Waals surface area contributed by atoms with E-state index < -0.39 is 24.5 Å². The molecule has 0 aromatic rings. The monoisotopic (exact) mass is 839 g/mol. The molecule has 0 bridgehead atoms. The van der Waals surface area contributed by atoms with E-state index in [1.807, 2.05) is 0 Å². The molecule has 0 saturated heterocycles. The fraction of sp³-hybridized carbons (Fsp3) is 0.686. The minimum atomic E-state index is -1.38. The van der Waals surface area contributed by atoms with Gasteiger partial charge in [0.05, 0.1) is 13.2 Å². The Kier molecular flexibility index (Phi) is 42.0. The SMILES string of the molecule is CC/C=C\C/C=C\C/C=C\C/C=C\C/C=C\CCCCCCCCCC(=O)OC(/C=C\CCCCCCCC)CCCCCCCCC(=O)NCC(=O)NC(CO)C(=O)O. The highest BCUT2D eigenvalue weighted by Crippen LogP contribution is 2.16. The maximum Gasteiger partial charge on any atom is 0.328 e. The second kappa shape index (κ2) is 44.8. The van der Waals surface area contributed by atoms with Gasteiger partial charge in [0.15, 0.2) is 0 Å². The smallest absolute Gasteiger partial charge is 0.328 e. The molecule has 2 atom stereocenters. The van der Waals surface area contributed by atoms with Crippen LogP contribution in [0.3, 0.4) is 0 Å². The molecule has 342 valence electrons. The summed E-state index contributed by atoms with van der Waals surface area (Å²) in [6.07, 6.45) is 56.7. The van der Waals surface area contributed by atoms with Crippen molar-refractivity contribution >= 4 is 23.8 Å². The summed E-state index contributed by atoms with van der Waals surface area (Å²) in [7, 11) is 0. The minimum absolute atomic E-state index is 0.0906. The number of aliphatic carboxylic acids is 1. The lowest BCUT2D eigenvalue weighted by atomic mass is 10.0. The van der Waals surface area contributed by atoms with E-state index in [2.05, 4.69) is 97.4 Å². The summed E-state index contributed by atoms with van der Waals surface area (Å²) in [5, 5.41) is 22.5. The molecule has 0 saturated carbocycles. The predicted octanol–water partition coefficient (Wildman–Crippen LogP) is 12.3. The molecule has 2 unspecified atom stereocenters. The molecule has 0 spiro atoms. The fourth-order valence-corrected chi connectivity index (χ4v) is 6.53. The number of allylic oxidation sites excluding steroid dienone is 11. The molecule has 0 aliphatic carbocycles. The maximum atomic E-state index is 12.8.